The molecular weight excluding hydrogens is 328 g/mol. The molecular formula is C20H26N4O2. The Morgan fingerprint density at radius 1 is 1.15 bits per heavy atom. The lowest BCUT2D eigenvalue weighted by molar-refractivity contribution is 0.102. The molecule has 6 nitrogen and oxygen atoms in total. The Hall–Kier alpha value is -2.60. The summed E-state index contributed by atoms with van der Waals surface area (Å²) in [6.45, 7) is 9.63. The van der Waals surface area contributed by atoms with E-state index in [1.807, 2.05) is 37.3 Å². The van der Waals surface area contributed by atoms with Crippen LogP contribution >= 0.6 is 0 Å². The third-order valence-corrected chi connectivity index (χ3v) is 4.59. The van der Waals surface area contributed by atoms with Gasteiger partial charge in [-0.1, -0.05) is 19.1 Å². The van der Waals surface area contributed by atoms with Crippen molar-refractivity contribution in [2.45, 2.75) is 13.8 Å². The van der Waals surface area contributed by atoms with Crippen molar-refractivity contribution in [2.24, 2.45) is 0 Å². The predicted molar refractivity (Wildman–Crippen MR) is 104 cm³/mol. The smallest absolute Gasteiger partial charge is 0.255 e. The SMILES string of the molecule is CCOc1ccccc1NC(=O)c1ccnc(N2CCN(CC)CC2)c1. The summed E-state index contributed by atoms with van der Waals surface area (Å²) < 4.78 is 5.57. The van der Waals surface area contributed by atoms with Crippen molar-refractivity contribution in [2.75, 3.05) is 49.5 Å². The molecule has 138 valence electrons. The van der Waals surface area contributed by atoms with Crippen molar-refractivity contribution in [1.82, 2.24) is 9.88 Å². The Kier molecular flexibility index (Phi) is 6.07. The molecule has 2 aromatic rings. The van der Waals surface area contributed by atoms with Crippen molar-refractivity contribution < 1.29 is 9.53 Å². The summed E-state index contributed by atoms with van der Waals surface area (Å²) in [5.74, 6) is 1.37. The van der Waals surface area contributed by atoms with E-state index in [2.05, 4.69) is 27.0 Å². The molecule has 26 heavy (non-hydrogen) atoms. The molecule has 0 unspecified atom stereocenters. The van der Waals surface area contributed by atoms with Crippen molar-refractivity contribution in [3.05, 3.63) is 48.2 Å². The molecule has 0 bridgehead atoms. The number of ether oxygens (including phenoxy) is 1. The number of benzene rings is 1. The average Bonchev–Trinajstić information content (AvgIpc) is 2.70. The summed E-state index contributed by atoms with van der Waals surface area (Å²) in [5.41, 5.74) is 1.27. The van der Waals surface area contributed by atoms with Gasteiger partial charge in [0.05, 0.1) is 12.3 Å². The molecule has 3 rings (SSSR count). The highest BCUT2D eigenvalue weighted by atomic mass is 16.5. The number of nitrogens with zero attached hydrogens (tertiary/aromatic N) is 3. The first-order chi connectivity index (χ1) is 12.7. The van der Waals surface area contributed by atoms with Crippen LogP contribution in [0.15, 0.2) is 42.6 Å². The molecule has 1 aromatic heterocycles. The van der Waals surface area contributed by atoms with Crippen molar-refractivity contribution in [3.63, 3.8) is 0 Å². The normalized spacial score (nSPS) is 14.9. The Bertz CT molecular complexity index is 742. The quantitative estimate of drug-likeness (QED) is 0.864. The van der Waals surface area contributed by atoms with Crippen LogP contribution in [0.1, 0.15) is 24.2 Å². The van der Waals surface area contributed by atoms with E-state index in [1.165, 1.54) is 0 Å². The van der Waals surface area contributed by atoms with E-state index in [4.69, 9.17) is 4.74 Å². The molecule has 1 aliphatic heterocycles. The minimum atomic E-state index is -0.159. The lowest BCUT2D eigenvalue weighted by atomic mass is 10.2. The second-order valence-electron chi connectivity index (χ2n) is 6.21. The number of piperazine rings is 1. The Labute approximate surface area is 154 Å². The van der Waals surface area contributed by atoms with Crippen LogP contribution in [0.4, 0.5) is 11.5 Å². The summed E-state index contributed by atoms with van der Waals surface area (Å²) in [7, 11) is 0. The number of hydrogen-bond acceptors (Lipinski definition) is 5. The van der Waals surface area contributed by atoms with Crippen molar-refractivity contribution in [1.29, 1.82) is 0 Å². The summed E-state index contributed by atoms with van der Waals surface area (Å²) in [5, 5.41) is 2.94. The van der Waals surface area contributed by atoms with E-state index >= 15 is 0 Å². The van der Waals surface area contributed by atoms with Gasteiger partial charge in [-0.25, -0.2) is 4.98 Å². The van der Waals surface area contributed by atoms with Gasteiger partial charge in [-0.2, -0.15) is 0 Å². The summed E-state index contributed by atoms with van der Waals surface area (Å²) >= 11 is 0. The fraction of sp³-hybridized carbons (Fsp3) is 0.400. The third kappa shape index (κ3) is 4.32. The number of nitrogens with one attached hydrogen (secondary N) is 1. The molecule has 1 N–H and O–H groups in total. The maximum absolute atomic E-state index is 12.7. The zero-order chi connectivity index (χ0) is 18.4. The number of carbonyl (C=O) groups is 1. The van der Waals surface area contributed by atoms with Crippen LogP contribution in [0.2, 0.25) is 0 Å². The van der Waals surface area contributed by atoms with Gasteiger partial charge in [0.15, 0.2) is 0 Å². The zero-order valence-corrected chi connectivity index (χ0v) is 15.4. The average molecular weight is 354 g/mol. The number of para-hydroxylation sites is 2. The largest absolute Gasteiger partial charge is 0.492 e. The molecule has 2 heterocycles. The number of anilines is 2. The molecule has 0 saturated carbocycles. The topological polar surface area (TPSA) is 57.7 Å². The second-order valence-corrected chi connectivity index (χ2v) is 6.21. The number of rotatable bonds is 6. The molecule has 6 heteroatoms. The highest BCUT2D eigenvalue weighted by molar-refractivity contribution is 6.05. The van der Waals surface area contributed by atoms with E-state index in [1.54, 1.807) is 12.3 Å². The van der Waals surface area contributed by atoms with Crippen LogP contribution in [-0.2, 0) is 0 Å². The fourth-order valence-corrected chi connectivity index (χ4v) is 3.07. The van der Waals surface area contributed by atoms with E-state index < -0.39 is 0 Å². The standard InChI is InChI=1S/C20H26N4O2/c1-3-23-11-13-24(14-12-23)19-15-16(9-10-21-19)20(25)22-17-7-5-6-8-18(17)26-4-2/h5-10,15H,3-4,11-14H2,1-2H3,(H,22,25). The minimum Gasteiger partial charge on any atom is -0.492 e. The van der Waals surface area contributed by atoms with Crippen LogP contribution in [0.25, 0.3) is 0 Å². The van der Waals surface area contributed by atoms with Crippen molar-refractivity contribution in [3.8, 4) is 5.75 Å². The lowest BCUT2D eigenvalue weighted by Crippen LogP contribution is -2.46. The molecule has 1 aliphatic rings. The molecule has 1 saturated heterocycles. The highest BCUT2D eigenvalue weighted by Gasteiger charge is 2.18. The third-order valence-electron chi connectivity index (χ3n) is 4.59. The fourth-order valence-electron chi connectivity index (χ4n) is 3.07. The lowest BCUT2D eigenvalue weighted by Gasteiger charge is -2.34. The van der Waals surface area contributed by atoms with Crippen LogP contribution < -0.4 is 15.0 Å². The van der Waals surface area contributed by atoms with Gasteiger partial charge < -0.3 is 19.9 Å². The minimum absolute atomic E-state index is 0.159. The summed E-state index contributed by atoms with van der Waals surface area (Å²) in [6.07, 6.45) is 1.70. The van der Waals surface area contributed by atoms with Gasteiger partial charge in [0, 0.05) is 37.9 Å². The molecule has 1 amide bonds. The zero-order valence-electron chi connectivity index (χ0n) is 15.4. The number of carbonyl (C=O) groups excluding carboxylic acids is 1. The number of amides is 1. The van der Waals surface area contributed by atoms with E-state index in [0.29, 0.717) is 23.6 Å². The Morgan fingerprint density at radius 3 is 2.65 bits per heavy atom. The molecule has 0 atom stereocenters. The molecule has 1 aromatic carbocycles. The van der Waals surface area contributed by atoms with Gasteiger partial charge in [0.2, 0.25) is 0 Å². The number of likely N-dealkylation sites (N-methyl/N-ethyl adjacent to an activating group) is 1. The van der Waals surface area contributed by atoms with E-state index in [9.17, 15) is 4.79 Å². The van der Waals surface area contributed by atoms with Gasteiger partial charge in [-0.15, -0.1) is 0 Å². The Balaban J connectivity index is 1.71. The van der Waals surface area contributed by atoms with E-state index in [-0.39, 0.29) is 5.91 Å². The molecule has 0 aliphatic carbocycles. The maximum atomic E-state index is 12.7. The molecule has 0 spiro atoms. The summed E-state index contributed by atoms with van der Waals surface area (Å²) in [6, 6.07) is 11.1. The highest BCUT2D eigenvalue weighted by Crippen LogP contribution is 2.24. The summed E-state index contributed by atoms with van der Waals surface area (Å²) in [4.78, 5) is 21.8. The van der Waals surface area contributed by atoms with Gasteiger partial charge >= 0.3 is 0 Å². The second kappa shape index (κ2) is 8.67. The monoisotopic (exact) mass is 354 g/mol. The predicted octanol–water partition coefficient (Wildman–Crippen LogP) is 2.87. The van der Waals surface area contributed by atoms with Gasteiger partial charge in [-0.3, -0.25) is 4.79 Å². The van der Waals surface area contributed by atoms with Crippen LogP contribution in [0.3, 0.4) is 0 Å². The van der Waals surface area contributed by atoms with Crippen LogP contribution in [-0.4, -0.2) is 55.1 Å². The van der Waals surface area contributed by atoms with Crippen LogP contribution in [0, 0.1) is 0 Å². The number of aromatic nitrogens is 1. The van der Waals surface area contributed by atoms with E-state index in [0.717, 1.165) is 38.5 Å². The first-order valence-electron chi connectivity index (χ1n) is 9.17. The Morgan fingerprint density at radius 2 is 1.92 bits per heavy atom. The van der Waals surface area contributed by atoms with Gasteiger partial charge in [-0.05, 0) is 37.7 Å². The van der Waals surface area contributed by atoms with Gasteiger partial charge in [0.1, 0.15) is 11.6 Å². The van der Waals surface area contributed by atoms with Crippen LogP contribution in [0.5, 0.6) is 5.75 Å². The maximum Gasteiger partial charge on any atom is 0.255 e. The number of hydrogen-bond donors (Lipinski definition) is 1. The number of pyridine rings is 1. The first-order valence-corrected chi connectivity index (χ1v) is 9.17. The van der Waals surface area contributed by atoms with Crippen molar-refractivity contribution >= 4 is 17.4 Å². The first kappa shape index (κ1) is 18.2. The molecule has 1 fully saturated rings. The van der Waals surface area contributed by atoms with Gasteiger partial charge in [0.25, 0.3) is 5.91 Å². The molecule has 0 radical (unpaired) electrons.